The van der Waals surface area contributed by atoms with Crippen LogP contribution in [0.15, 0.2) is 224 Å². The summed E-state index contributed by atoms with van der Waals surface area (Å²) in [5.74, 6) is 0.708. The van der Waals surface area contributed by atoms with E-state index in [0.717, 1.165) is 38.9 Å². The van der Waals surface area contributed by atoms with Crippen LogP contribution in [-0.2, 0) is 39.6 Å². The Balaban J connectivity index is 1.03. The van der Waals surface area contributed by atoms with Gasteiger partial charge in [0.05, 0.1) is 11.3 Å². The van der Waals surface area contributed by atoms with E-state index in [1.807, 2.05) is 195 Å². The summed E-state index contributed by atoms with van der Waals surface area (Å²) < 4.78 is 44.9. The number of hydrogen-bond donors (Lipinski definition) is 1. The second kappa shape index (κ2) is 24.5. The lowest BCUT2D eigenvalue weighted by Crippen LogP contribution is -2.16. The zero-order valence-electron chi connectivity index (χ0n) is 40.3. The summed E-state index contributed by atoms with van der Waals surface area (Å²) >= 11 is 0. The predicted octanol–water partition coefficient (Wildman–Crippen LogP) is 13.9. The molecule has 10 nitrogen and oxygen atoms in total. The van der Waals surface area contributed by atoms with Crippen LogP contribution in [0.4, 0.5) is 5.69 Å². The lowest BCUT2D eigenvalue weighted by Gasteiger charge is -2.20. The third kappa shape index (κ3) is 13.7. The molecule has 0 fully saturated rings. The van der Waals surface area contributed by atoms with Crippen LogP contribution < -0.4 is 38.5 Å². The molecule has 1 N–H and O–H groups in total. The molecule has 0 unspecified atom stereocenters. The Morgan fingerprint density at radius 3 is 0.973 bits per heavy atom. The van der Waals surface area contributed by atoms with Crippen LogP contribution in [0.2, 0.25) is 0 Å². The first-order valence-electron chi connectivity index (χ1n) is 23.9. The van der Waals surface area contributed by atoms with Crippen molar-refractivity contribution in [2.45, 2.75) is 46.6 Å². The summed E-state index contributed by atoms with van der Waals surface area (Å²) in [4.78, 5) is 29.1. The highest BCUT2D eigenvalue weighted by molar-refractivity contribution is 6.06. The number of nitrogens with one attached hydrogen (secondary N) is 1. The van der Waals surface area contributed by atoms with E-state index in [-0.39, 0.29) is 73.7 Å². The van der Waals surface area contributed by atoms with Crippen LogP contribution in [-0.4, -0.2) is 11.9 Å². The molecule has 73 heavy (non-hydrogen) atoms. The molecule has 0 aliphatic rings. The number of anilines is 1. The Hall–Kier alpha value is -9.28. The zero-order valence-corrected chi connectivity index (χ0v) is 40.3. The molecular formula is C63H53NO9. The number of aryl methyl sites for hydroxylation is 1. The van der Waals surface area contributed by atoms with Gasteiger partial charge in [0, 0.05) is 5.56 Å². The second-order valence-electron chi connectivity index (χ2n) is 17.1. The van der Waals surface area contributed by atoms with Crippen LogP contribution in [0.5, 0.6) is 40.2 Å². The van der Waals surface area contributed by atoms with Gasteiger partial charge in [-0.05, 0) is 82.3 Å². The number of carbonyl (C=O) groups excluding carboxylic acids is 2. The lowest BCUT2D eigenvalue weighted by atomic mass is 10.1. The molecule has 0 aliphatic heterocycles. The van der Waals surface area contributed by atoms with Crippen LogP contribution in [0, 0.1) is 6.92 Å². The van der Waals surface area contributed by atoms with E-state index in [4.69, 9.17) is 33.2 Å². The minimum atomic E-state index is -0.724. The summed E-state index contributed by atoms with van der Waals surface area (Å²) in [5.41, 5.74) is 6.91. The molecule has 0 aromatic heterocycles. The quantitative estimate of drug-likeness (QED) is 0.0524. The molecular weight excluding hydrogens is 915 g/mol. The number of benzene rings is 9. The first-order valence-corrected chi connectivity index (χ1v) is 23.9. The molecule has 0 bridgehead atoms. The first-order chi connectivity index (χ1) is 35.9. The maximum absolute atomic E-state index is 14.6. The lowest BCUT2D eigenvalue weighted by molar-refractivity contribution is 0.0733. The van der Waals surface area contributed by atoms with Crippen molar-refractivity contribution in [3.05, 3.63) is 275 Å². The third-order valence-corrected chi connectivity index (χ3v) is 11.5. The van der Waals surface area contributed by atoms with Gasteiger partial charge >= 0.3 is 5.97 Å². The molecule has 0 spiro atoms. The minimum absolute atomic E-state index is 0.116. The summed E-state index contributed by atoms with van der Waals surface area (Å²) in [6, 6.07) is 70.0. The molecule has 9 aromatic carbocycles. The SMILES string of the molecule is Cc1ccc(NC(=O)c2cc(OCc3ccccc3)c(OCc3ccccc3)c(OCc3ccccc3)c2)c(OC(=O)c2cc(OCc3ccccc3)c(OCc3ccccc3)c(OCc3ccccc3)c2)c1. The molecule has 0 heterocycles. The summed E-state index contributed by atoms with van der Waals surface area (Å²) in [5, 5.41) is 2.99. The monoisotopic (exact) mass is 967 g/mol. The average Bonchev–Trinajstić information content (AvgIpc) is 3.44. The van der Waals surface area contributed by atoms with E-state index >= 15 is 0 Å². The van der Waals surface area contributed by atoms with Crippen LogP contribution in [0.25, 0.3) is 0 Å². The van der Waals surface area contributed by atoms with Gasteiger partial charge in [0.15, 0.2) is 28.7 Å². The number of hydrogen-bond acceptors (Lipinski definition) is 9. The van der Waals surface area contributed by atoms with Gasteiger partial charge in [0.25, 0.3) is 5.91 Å². The fraction of sp³-hybridized carbons (Fsp3) is 0.111. The van der Waals surface area contributed by atoms with Crippen molar-refractivity contribution in [3.8, 4) is 40.2 Å². The van der Waals surface area contributed by atoms with Gasteiger partial charge in [-0.25, -0.2) is 4.79 Å². The number of esters is 1. The smallest absolute Gasteiger partial charge is 0.343 e. The van der Waals surface area contributed by atoms with Crippen molar-refractivity contribution in [3.63, 3.8) is 0 Å². The Kier molecular flexibility index (Phi) is 16.4. The molecule has 0 atom stereocenters. The largest absolute Gasteiger partial charge is 0.485 e. The van der Waals surface area contributed by atoms with Crippen LogP contribution in [0.1, 0.15) is 59.7 Å². The maximum Gasteiger partial charge on any atom is 0.343 e. The molecule has 0 saturated carbocycles. The molecule has 9 rings (SSSR count). The summed E-state index contributed by atoms with van der Waals surface area (Å²) in [6.07, 6.45) is 0. The van der Waals surface area contributed by atoms with Crippen molar-refractivity contribution in [2.75, 3.05) is 5.32 Å². The van der Waals surface area contributed by atoms with Gasteiger partial charge in [-0.3, -0.25) is 4.79 Å². The highest BCUT2D eigenvalue weighted by atomic mass is 16.6. The van der Waals surface area contributed by atoms with Crippen LogP contribution in [0.3, 0.4) is 0 Å². The van der Waals surface area contributed by atoms with Gasteiger partial charge in [0.1, 0.15) is 39.6 Å². The molecule has 0 aliphatic carbocycles. The van der Waals surface area contributed by atoms with Gasteiger partial charge in [-0.2, -0.15) is 0 Å². The molecule has 9 aromatic rings. The Morgan fingerprint density at radius 1 is 0.342 bits per heavy atom. The van der Waals surface area contributed by atoms with E-state index in [0.29, 0.717) is 23.0 Å². The predicted molar refractivity (Wildman–Crippen MR) is 282 cm³/mol. The third-order valence-electron chi connectivity index (χ3n) is 11.5. The number of carbonyl (C=O) groups is 2. The van der Waals surface area contributed by atoms with E-state index in [1.165, 1.54) is 0 Å². The Morgan fingerprint density at radius 2 is 0.644 bits per heavy atom. The molecule has 1 amide bonds. The van der Waals surface area contributed by atoms with Crippen molar-refractivity contribution in [2.24, 2.45) is 0 Å². The van der Waals surface area contributed by atoms with E-state index < -0.39 is 11.9 Å². The molecule has 0 radical (unpaired) electrons. The van der Waals surface area contributed by atoms with E-state index in [2.05, 4.69) is 5.32 Å². The van der Waals surface area contributed by atoms with Crippen molar-refractivity contribution >= 4 is 17.6 Å². The Bertz CT molecular complexity index is 3080. The van der Waals surface area contributed by atoms with E-state index in [9.17, 15) is 9.59 Å². The number of ether oxygens (including phenoxy) is 7. The molecule has 10 heteroatoms. The van der Waals surface area contributed by atoms with Gasteiger partial charge in [-0.15, -0.1) is 0 Å². The van der Waals surface area contributed by atoms with Crippen molar-refractivity contribution in [1.82, 2.24) is 0 Å². The van der Waals surface area contributed by atoms with Crippen molar-refractivity contribution in [1.29, 1.82) is 0 Å². The zero-order chi connectivity index (χ0) is 50.0. The van der Waals surface area contributed by atoms with Crippen molar-refractivity contribution < 1.29 is 42.7 Å². The summed E-state index contributed by atoms with van der Waals surface area (Å²) in [7, 11) is 0. The van der Waals surface area contributed by atoms with Crippen LogP contribution >= 0.6 is 0 Å². The summed E-state index contributed by atoms with van der Waals surface area (Å²) in [6.45, 7) is 3.07. The standard InChI is InChI=1S/C63H53NO9/c1-45-32-33-54(64-62(65)52-35-56(67-39-46-20-8-2-9-21-46)60(71-43-50-28-16-6-17-29-50)57(36-52)68-40-47-22-10-3-11-23-47)55(34-45)73-63(66)53-37-58(69-41-48-24-12-4-13-25-48)61(72-44-51-30-18-7-19-31-51)59(38-53)70-42-49-26-14-5-15-27-49/h2-38H,39-44H2,1H3,(H,64,65). The highest BCUT2D eigenvalue weighted by Crippen LogP contribution is 2.43. The van der Waals surface area contributed by atoms with E-state index in [1.54, 1.807) is 36.4 Å². The fourth-order valence-electron chi connectivity index (χ4n) is 7.69. The number of rotatable bonds is 22. The Labute approximate surface area is 425 Å². The average molecular weight is 968 g/mol. The molecule has 0 saturated heterocycles. The minimum Gasteiger partial charge on any atom is -0.485 e. The van der Waals surface area contributed by atoms with Gasteiger partial charge in [-0.1, -0.05) is 188 Å². The highest BCUT2D eigenvalue weighted by Gasteiger charge is 2.24. The fourth-order valence-corrected chi connectivity index (χ4v) is 7.69. The van der Waals surface area contributed by atoms with Gasteiger partial charge < -0.3 is 38.5 Å². The number of amides is 1. The van der Waals surface area contributed by atoms with Gasteiger partial charge in [0.2, 0.25) is 11.5 Å². The maximum atomic E-state index is 14.6. The second-order valence-corrected chi connectivity index (χ2v) is 17.1. The topological polar surface area (TPSA) is 111 Å². The molecule has 364 valence electrons. The first kappa shape index (κ1) is 48.7. The normalized spacial score (nSPS) is 10.7.